The number of aromatic amines is 1. The molecule has 0 fully saturated rings. The van der Waals surface area contributed by atoms with Gasteiger partial charge in [0.1, 0.15) is 34.8 Å². The molecule has 0 unspecified atom stereocenters. The highest BCUT2D eigenvalue weighted by molar-refractivity contribution is 6.32. The molecule has 0 saturated carbocycles. The van der Waals surface area contributed by atoms with Crippen LogP contribution < -0.4 is 22.1 Å². The molecule has 30 heteroatoms. The number of nitrogens with zero attached hydrogens (tertiary/aromatic N) is 12. The minimum Gasteiger partial charge on any atom is -0.399 e. The molecule has 0 aliphatic heterocycles. The maximum Gasteiger partial charge on any atom is 0.281 e. The number of nitrogen functional groups attached to an aromatic ring is 2. The van der Waals surface area contributed by atoms with Crippen molar-refractivity contribution in [1.29, 1.82) is 0 Å². The Morgan fingerprint density at radius 1 is 0.461 bits per heavy atom. The zero-order chi connectivity index (χ0) is 81.9. The Morgan fingerprint density at radius 3 is 1.22 bits per heavy atom. The number of nitro groups is 2. The molecular formula is C85H74Cl5F2N17O6. The van der Waals surface area contributed by atoms with E-state index in [9.17, 15) is 38.6 Å². The number of imidazole rings is 5. The number of nitrogens with two attached hydrogens (primary N) is 2. The summed E-state index contributed by atoms with van der Waals surface area (Å²) in [6.45, 7) is 14.9. The Balaban J connectivity index is 0.000000137. The molecule has 0 aliphatic carbocycles. The van der Waals surface area contributed by atoms with Gasteiger partial charge in [-0.2, -0.15) is 0 Å². The Labute approximate surface area is 682 Å². The summed E-state index contributed by atoms with van der Waals surface area (Å²) in [4.78, 5) is 75.6. The first-order valence-corrected chi connectivity index (χ1v) is 38.1. The number of aryl methyl sites for hydroxylation is 4. The van der Waals surface area contributed by atoms with E-state index in [4.69, 9.17) is 74.5 Å². The quantitative estimate of drug-likeness (QED) is 0.0322. The number of pyridine rings is 1. The molecule has 115 heavy (non-hydrogen) atoms. The van der Waals surface area contributed by atoms with Gasteiger partial charge in [0.15, 0.2) is 0 Å². The fourth-order valence-electron chi connectivity index (χ4n) is 12.7. The number of rotatable bonds is 17. The fourth-order valence-corrected chi connectivity index (χ4v) is 13.3. The van der Waals surface area contributed by atoms with Gasteiger partial charge in [-0.15, -0.1) is 0 Å². The van der Waals surface area contributed by atoms with Crippen LogP contribution in [0.1, 0.15) is 69.6 Å². The number of alkyl halides is 2. The molecule has 6 aromatic heterocycles. The van der Waals surface area contributed by atoms with Gasteiger partial charge in [0.2, 0.25) is 5.91 Å². The van der Waals surface area contributed by atoms with E-state index in [-0.39, 0.29) is 35.3 Å². The molecule has 0 aliphatic rings. The molecular weight excluding hydrogens is 1570 g/mol. The largest absolute Gasteiger partial charge is 0.399 e. The number of carbonyl (C=O) groups excluding carboxylic acids is 2. The van der Waals surface area contributed by atoms with Crippen LogP contribution in [0.5, 0.6) is 0 Å². The van der Waals surface area contributed by atoms with E-state index in [1.54, 1.807) is 74.5 Å². The lowest BCUT2D eigenvalue weighted by molar-refractivity contribution is -0.384. The third-order valence-corrected chi connectivity index (χ3v) is 19.6. The van der Waals surface area contributed by atoms with Crippen molar-refractivity contribution in [1.82, 2.24) is 58.5 Å². The van der Waals surface area contributed by atoms with Crippen LogP contribution in [0.15, 0.2) is 225 Å². The second kappa shape index (κ2) is 36.4. The minimum absolute atomic E-state index is 0.0406. The van der Waals surface area contributed by atoms with E-state index in [1.807, 2.05) is 150 Å². The molecule has 0 saturated heterocycles. The van der Waals surface area contributed by atoms with E-state index >= 15 is 0 Å². The lowest BCUT2D eigenvalue weighted by Gasteiger charge is -2.12. The number of amides is 2. The molecule has 16 rings (SSSR count). The van der Waals surface area contributed by atoms with Crippen molar-refractivity contribution in [2.45, 2.75) is 80.7 Å². The van der Waals surface area contributed by atoms with Gasteiger partial charge in [0.25, 0.3) is 23.7 Å². The Bertz CT molecular complexity index is 6100. The van der Waals surface area contributed by atoms with E-state index in [1.165, 1.54) is 36.5 Å². The average Bonchev–Trinajstić information content (AvgIpc) is 1.66. The summed E-state index contributed by atoms with van der Waals surface area (Å²) < 4.78 is 35.7. The van der Waals surface area contributed by atoms with E-state index in [2.05, 4.69) is 63.5 Å². The Kier molecular flexibility index (Phi) is 25.9. The number of nitrogens with one attached hydrogen (secondary N) is 3. The molecule has 0 bridgehead atoms. The Morgan fingerprint density at radius 2 is 0.826 bits per heavy atom. The Hall–Kier alpha value is -12.7. The highest BCUT2D eigenvalue weighted by Crippen LogP contribution is 2.34. The molecule has 10 aromatic carbocycles. The molecule has 0 radical (unpaired) electrons. The van der Waals surface area contributed by atoms with Crippen molar-refractivity contribution in [3.8, 4) is 56.9 Å². The maximum absolute atomic E-state index is 13.6. The predicted octanol–water partition coefficient (Wildman–Crippen LogP) is 22.2. The standard InChI is InChI=1S/C27H26ClF2N5O2.C15H12ClN3O2.2C15H14ClN3.C13H8ClN3O2/c1-4-35-22-10-9-19(12-21(22)34-25(35)17-5-7-18(28)8-6-17)33-27(37)20-11-16(13-31-23(20)24(29)30)14-32-26(36)15(2)3;1-2-18-14-8-7-12(19(20)21)9-13(14)17-15(18)10-3-5-11(16)6-4-10;2*1-2-19-14-8-7-12(17)9-13(14)18-15(19)10-3-5-11(16)6-4-10;14-9-3-1-8(2-4-9)13-15-11-6-5-10(17(18)19)7-12(11)16-13/h5-13,15,24H,4,14H2,1-3H3,(H,32,36)(H,33,37);3-9H,2H2,1H3;2*3-9H,2,17H2,1H3;1-7H,(H,15,16). The van der Waals surface area contributed by atoms with Crippen molar-refractivity contribution >= 4 is 153 Å². The number of fused-ring (bicyclic) bond motifs is 5. The number of aromatic nitrogens is 11. The van der Waals surface area contributed by atoms with Crippen LogP contribution >= 0.6 is 58.0 Å². The summed E-state index contributed by atoms with van der Waals surface area (Å²) in [5.74, 6) is 2.92. The second-order valence-electron chi connectivity index (χ2n) is 26.3. The van der Waals surface area contributed by atoms with Crippen LogP contribution in [-0.4, -0.2) is 74.8 Å². The summed E-state index contributed by atoms with van der Waals surface area (Å²) in [5.41, 5.74) is 26.3. The average molecular weight is 1640 g/mol. The molecule has 7 N–H and O–H groups in total. The number of H-pyrrole nitrogens is 1. The third-order valence-electron chi connectivity index (χ3n) is 18.4. The van der Waals surface area contributed by atoms with Crippen molar-refractivity contribution < 1.29 is 28.2 Å². The van der Waals surface area contributed by atoms with Crippen LogP contribution in [0.4, 0.5) is 37.2 Å². The molecule has 0 spiro atoms. The first kappa shape index (κ1) is 81.8. The number of anilines is 3. The molecule has 0 atom stereocenters. The highest BCUT2D eigenvalue weighted by atomic mass is 35.5. The van der Waals surface area contributed by atoms with E-state index in [0.717, 1.165) is 125 Å². The number of halogens is 7. The zero-order valence-corrected chi connectivity index (χ0v) is 66.4. The van der Waals surface area contributed by atoms with Gasteiger partial charge >= 0.3 is 0 Å². The van der Waals surface area contributed by atoms with Crippen LogP contribution in [-0.2, 0) is 37.5 Å². The van der Waals surface area contributed by atoms with Crippen molar-refractivity contribution in [2.24, 2.45) is 5.92 Å². The topological polar surface area (TPSA) is 309 Å². The summed E-state index contributed by atoms with van der Waals surface area (Å²) in [5, 5.41) is 30.4. The van der Waals surface area contributed by atoms with E-state index < -0.39 is 27.9 Å². The normalized spacial score (nSPS) is 11.1. The highest BCUT2D eigenvalue weighted by Gasteiger charge is 2.24. The fraction of sp³-hybridized carbons (Fsp3) is 0.153. The van der Waals surface area contributed by atoms with Crippen molar-refractivity contribution in [3.63, 3.8) is 0 Å². The monoisotopic (exact) mass is 1640 g/mol. The third kappa shape index (κ3) is 19.2. The first-order chi connectivity index (χ1) is 55.3. The smallest absolute Gasteiger partial charge is 0.281 e. The minimum atomic E-state index is -2.94. The first-order valence-electron chi connectivity index (χ1n) is 36.2. The van der Waals surface area contributed by atoms with Crippen molar-refractivity contribution in [3.05, 3.63) is 287 Å². The van der Waals surface area contributed by atoms with Crippen LogP contribution in [0.3, 0.4) is 0 Å². The number of hydrogen-bond donors (Lipinski definition) is 5. The second-order valence-corrected chi connectivity index (χ2v) is 28.5. The summed E-state index contributed by atoms with van der Waals surface area (Å²) in [7, 11) is 0. The molecule has 23 nitrogen and oxygen atoms in total. The van der Waals surface area contributed by atoms with E-state index in [0.29, 0.717) is 60.8 Å². The maximum atomic E-state index is 13.6. The molecule has 16 aromatic rings. The van der Waals surface area contributed by atoms with Gasteiger partial charge in [-0.1, -0.05) is 71.9 Å². The van der Waals surface area contributed by atoms with Gasteiger partial charge in [-0.05, 0) is 227 Å². The molecule has 6 heterocycles. The van der Waals surface area contributed by atoms with Gasteiger partial charge in [0.05, 0.1) is 70.6 Å². The van der Waals surface area contributed by atoms with Gasteiger partial charge in [0, 0.05) is 139 Å². The number of benzene rings is 10. The van der Waals surface area contributed by atoms with Gasteiger partial charge in [-0.3, -0.25) is 34.8 Å². The molecule has 584 valence electrons. The molecule has 2 amide bonds. The lowest BCUT2D eigenvalue weighted by atomic mass is 10.1. The number of hydrogen-bond acceptors (Lipinski definition) is 14. The lowest BCUT2D eigenvalue weighted by Crippen LogP contribution is -2.27. The van der Waals surface area contributed by atoms with Crippen LogP contribution in [0.25, 0.3) is 112 Å². The van der Waals surface area contributed by atoms with Gasteiger partial charge in [-0.25, -0.2) is 33.7 Å². The van der Waals surface area contributed by atoms with Crippen molar-refractivity contribution in [2.75, 3.05) is 16.8 Å². The summed E-state index contributed by atoms with van der Waals surface area (Å²) in [6, 6.07) is 64.9. The van der Waals surface area contributed by atoms with Gasteiger partial charge < -0.3 is 45.4 Å². The zero-order valence-electron chi connectivity index (χ0n) is 62.7. The summed E-state index contributed by atoms with van der Waals surface area (Å²) in [6.07, 6.45) is -1.70. The number of nitro benzene ring substituents is 2. The number of non-ortho nitro benzene ring substituents is 2. The predicted molar refractivity (Wildman–Crippen MR) is 456 cm³/mol. The summed E-state index contributed by atoms with van der Waals surface area (Å²) >= 11 is 29.6. The van der Waals surface area contributed by atoms with Crippen LogP contribution in [0, 0.1) is 26.1 Å². The SMILES string of the molecule is CCn1c(-c2ccc(Cl)cc2)nc2cc(N)ccc21.CCn1c(-c2ccc(Cl)cc2)nc2cc(N)ccc21.CCn1c(-c2ccc(Cl)cc2)nc2cc(NC(=O)c3cc(CNC(=O)C(C)C)cnc3C(F)F)ccc21.CCn1c(-c2ccc(Cl)cc2)nc2cc([N+](=O)[O-])ccc21.O=[N+]([O-])c1ccc2nc(-c3ccc(Cl)cc3)[nH]c2c1. The van der Waals surface area contributed by atoms with Crippen LogP contribution in [0.2, 0.25) is 25.1 Å². The number of carbonyl (C=O) groups is 2.